The van der Waals surface area contributed by atoms with Crippen molar-refractivity contribution in [1.29, 1.82) is 0 Å². The molecule has 0 atom stereocenters. The van der Waals surface area contributed by atoms with E-state index in [2.05, 4.69) is 0 Å². The van der Waals surface area contributed by atoms with Crippen molar-refractivity contribution in [3.8, 4) is 5.75 Å². The lowest BCUT2D eigenvalue weighted by molar-refractivity contribution is 0.0980. The minimum atomic E-state index is -4.48. The highest BCUT2D eigenvalue weighted by Gasteiger charge is 2.27. The minimum absolute atomic E-state index is 0.0851. The number of hydrogen-bond donors (Lipinski definition) is 2. The second kappa shape index (κ2) is 8.37. The van der Waals surface area contributed by atoms with Crippen molar-refractivity contribution < 1.29 is 26.4 Å². The summed E-state index contributed by atoms with van der Waals surface area (Å²) >= 11 is 0. The molecule has 1 saturated carbocycles. The van der Waals surface area contributed by atoms with Crippen LogP contribution in [0.15, 0.2) is 52.3 Å². The smallest absolute Gasteiger partial charge is 0.265 e. The zero-order chi connectivity index (χ0) is 22.1. The Balaban J connectivity index is 1.89. The first-order valence-corrected chi connectivity index (χ1v) is 12.5. The molecule has 0 saturated heterocycles. The molecule has 0 aromatic heterocycles. The van der Waals surface area contributed by atoms with Crippen molar-refractivity contribution in [2.24, 2.45) is 11.1 Å². The van der Waals surface area contributed by atoms with Crippen LogP contribution in [-0.4, -0.2) is 29.3 Å². The van der Waals surface area contributed by atoms with Crippen molar-refractivity contribution >= 4 is 26.0 Å². The first kappa shape index (κ1) is 22.3. The highest BCUT2D eigenvalue weighted by atomic mass is 32.2. The van der Waals surface area contributed by atoms with E-state index in [1.807, 2.05) is 18.6 Å². The Morgan fingerprint density at radius 3 is 2.30 bits per heavy atom. The number of carbonyl (C=O) groups excluding carboxylic acids is 1. The van der Waals surface area contributed by atoms with Gasteiger partial charge in [-0.15, -0.1) is 0 Å². The summed E-state index contributed by atoms with van der Waals surface area (Å²) in [5.41, 5.74) is 0.997. The Kier molecular flexibility index (Phi) is 6.21. The van der Waals surface area contributed by atoms with Crippen molar-refractivity contribution in [3.63, 3.8) is 0 Å². The summed E-state index contributed by atoms with van der Waals surface area (Å²) < 4.78 is 56.6. The molecule has 1 aliphatic carbocycles. The van der Waals surface area contributed by atoms with E-state index in [-0.39, 0.29) is 11.5 Å². The Bertz CT molecular complexity index is 1170. The molecule has 0 bridgehead atoms. The number of carbonyl (C=O) groups is 1. The van der Waals surface area contributed by atoms with Crippen LogP contribution in [-0.2, 0) is 20.0 Å². The summed E-state index contributed by atoms with van der Waals surface area (Å²) in [6, 6.07) is 9.57. The van der Waals surface area contributed by atoms with Crippen LogP contribution >= 0.6 is 0 Å². The third-order valence-corrected chi connectivity index (χ3v) is 7.23. The van der Waals surface area contributed by atoms with E-state index in [9.17, 15) is 21.6 Å². The van der Waals surface area contributed by atoms with E-state index >= 15 is 0 Å². The average Bonchev–Trinajstić information content (AvgIpc) is 3.49. The number of amides is 1. The Morgan fingerprint density at radius 2 is 1.73 bits per heavy atom. The maximum Gasteiger partial charge on any atom is 0.265 e. The molecule has 3 rings (SSSR count). The summed E-state index contributed by atoms with van der Waals surface area (Å²) in [5.74, 6) is 0.303. The molecule has 10 heteroatoms. The van der Waals surface area contributed by atoms with Crippen LogP contribution in [0.2, 0.25) is 0 Å². The van der Waals surface area contributed by atoms with Gasteiger partial charge in [0.25, 0.3) is 15.9 Å². The van der Waals surface area contributed by atoms with Crippen LogP contribution in [0.4, 0.5) is 0 Å². The molecule has 0 aliphatic heterocycles. The second-order valence-electron chi connectivity index (χ2n) is 7.59. The molecule has 0 radical (unpaired) electrons. The van der Waals surface area contributed by atoms with Gasteiger partial charge in [0.15, 0.2) is 0 Å². The van der Waals surface area contributed by atoms with Crippen molar-refractivity contribution in [3.05, 3.63) is 53.6 Å². The number of nitrogens with one attached hydrogen (secondary N) is 1. The largest absolute Gasteiger partial charge is 0.493 e. The molecular weight excluding hydrogens is 428 g/mol. The van der Waals surface area contributed by atoms with Crippen LogP contribution in [0.25, 0.3) is 0 Å². The molecular formula is C20H24N2O6S2. The zero-order valence-corrected chi connectivity index (χ0v) is 18.3. The summed E-state index contributed by atoms with van der Waals surface area (Å²) in [6.07, 6.45) is 2.22. The number of primary sulfonamides is 1. The first-order chi connectivity index (χ1) is 14.0. The monoisotopic (exact) mass is 452 g/mol. The quantitative estimate of drug-likeness (QED) is 0.632. The Labute approximate surface area is 176 Å². The van der Waals surface area contributed by atoms with Gasteiger partial charge < -0.3 is 4.74 Å². The number of nitrogens with two attached hydrogens (primary N) is 1. The third kappa shape index (κ3) is 5.18. The fourth-order valence-corrected chi connectivity index (χ4v) is 5.27. The maximum absolute atomic E-state index is 12.7. The zero-order valence-electron chi connectivity index (χ0n) is 16.7. The molecule has 0 unspecified atom stereocenters. The lowest BCUT2D eigenvalue weighted by Crippen LogP contribution is -2.32. The standard InChI is InChI=1S/C20H24N2O6S2/c1-13(2)16-10-9-15(11-17(16)28-12-14-7-8-14)20(23)22-30(26,27)19-6-4-3-5-18(19)29(21,24)25/h3-6,9-11,13-14H,7-8,12H2,1-2H3,(H,22,23)(H2,21,24,25). The van der Waals surface area contributed by atoms with Gasteiger partial charge in [0, 0.05) is 5.56 Å². The van der Waals surface area contributed by atoms with E-state index in [0.717, 1.165) is 30.5 Å². The topological polar surface area (TPSA) is 133 Å². The molecule has 0 heterocycles. The van der Waals surface area contributed by atoms with E-state index in [0.29, 0.717) is 18.3 Å². The molecule has 2 aromatic rings. The number of sulfonamides is 2. The molecule has 0 spiro atoms. The van der Waals surface area contributed by atoms with Gasteiger partial charge in [0.05, 0.1) is 6.61 Å². The summed E-state index contributed by atoms with van der Waals surface area (Å²) in [7, 11) is -8.78. The predicted molar refractivity (Wildman–Crippen MR) is 111 cm³/mol. The minimum Gasteiger partial charge on any atom is -0.493 e. The normalized spacial score (nSPS) is 14.5. The number of hydrogen-bond acceptors (Lipinski definition) is 6. The van der Waals surface area contributed by atoms with Crippen molar-refractivity contribution in [2.75, 3.05) is 6.61 Å². The van der Waals surface area contributed by atoms with Gasteiger partial charge in [-0.1, -0.05) is 32.0 Å². The first-order valence-electron chi connectivity index (χ1n) is 9.45. The highest BCUT2D eigenvalue weighted by molar-refractivity contribution is 7.92. The molecule has 2 aromatic carbocycles. The fraction of sp³-hybridized carbons (Fsp3) is 0.350. The van der Waals surface area contributed by atoms with Crippen molar-refractivity contribution in [1.82, 2.24) is 4.72 Å². The van der Waals surface area contributed by atoms with Crippen molar-refractivity contribution in [2.45, 2.75) is 42.4 Å². The lowest BCUT2D eigenvalue weighted by Gasteiger charge is -2.16. The average molecular weight is 453 g/mol. The molecule has 1 aliphatic rings. The summed E-state index contributed by atoms with van der Waals surface area (Å²) in [5, 5.41) is 5.10. The van der Waals surface area contributed by atoms with E-state index in [1.165, 1.54) is 24.3 Å². The third-order valence-electron chi connectivity index (χ3n) is 4.74. The highest BCUT2D eigenvalue weighted by Crippen LogP contribution is 2.33. The van der Waals surface area contributed by atoms with Gasteiger partial charge in [-0.05, 0) is 54.5 Å². The lowest BCUT2D eigenvalue weighted by atomic mass is 10.00. The molecule has 162 valence electrons. The molecule has 1 fully saturated rings. The van der Waals surface area contributed by atoms with Crippen LogP contribution < -0.4 is 14.6 Å². The Morgan fingerprint density at radius 1 is 1.10 bits per heavy atom. The van der Waals surface area contributed by atoms with E-state index in [4.69, 9.17) is 9.88 Å². The molecule has 3 N–H and O–H groups in total. The van der Waals surface area contributed by atoms with Gasteiger partial charge in [0.1, 0.15) is 15.5 Å². The molecule has 1 amide bonds. The van der Waals surface area contributed by atoms with E-state index in [1.54, 1.807) is 6.07 Å². The number of benzene rings is 2. The number of rotatable bonds is 8. The molecule has 30 heavy (non-hydrogen) atoms. The van der Waals surface area contributed by atoms with Crippen LogP contribution in [0.5, 0.6) is 5.75 Å². The predicted octanol–water partition coefficient (Wildman–Crippen LogP) is 2.36. The van der Waals surface area contributed by atoms with Gasteiger partial charge in [-0.3, -0.25) is 4.79 Å². The van der Waals surface area contributed by atoms with Gasteiger partial charge in [0.2, 0.25) is 10.0 Å². The van der Waals surface area contributed by atoms with Gasteiger partial charge >= 0.3 is 0 Å². The second-order valence-corrected chi connectivity index (χ2v) is 10.8. The summed E-state index contributed by atoms with van der Waals surface area (Å²) in [4.78, 5) is 11.5. The Hall–Kier alpha value is -2.43. The SMILES string of the molecule is CC(C)c1ccc(C(=O)NS(=O)(=O)c2ccccc2S(N)(=O)=O)cc1OCC1CC1. The maximum atomic E-state index is 12.7. The molecule has 8 nitrogen and oxygen atoms in total. The van der Waals surface area contributed by atoms with E-state index < -0.39 is 35.7 Å². The van der Waals surface area contributed by atoms with Crippen LogP contribution in [0.1, 0.15) is 48.5 Å². The van der Waals surface area contributed by atoms with Crippen LogP contribution in [0, 0.1) is 5.92 Å². The summed E-state index contributed by atoms with van der Waals surface area (Å²) in [6.45, 7) is 4.53. The van der Waals surface area contributed by atoms with Gasteiger partial charge in [-0.2, -0.15) is 0 Å². The van der Waals surface area contributed by atoms with Gasteiger partial charge in [-0.25, -0.2) is 26.7 Å². The fourth-order valence-electron chi connectivity index (χ4n) is 2.91. The number of ether oxygens (including phenoxy) is 1. The van der Waals surface area contributed by atoms with Crippen LogP contribution in [0.3, 0.4) is 0 Å².